The van der Waals surface area contributed by atoms with Crippen molar-refractivity contribution in [2.75, 3.05) is 32.1 Å². The van der Waals surface area contributed by atoms with Gasteiger partial charge in [-0.3, -0.25) is 4.79 Å². The number of hydrogen-bond donors (Lipinski definition) is 3. The lowest BCUT2D eigenvalue weighted by Crippen LogP contribution is -2.29. The molecule has 1 rings (SSSR count). The summed E-state index contributed by atoms with van der Waals surface area (Å²) in [5.41, 5.74) is 0.180. The number of hydrogen-bond acceptors (Lipinski definition) is 4. The molecule has 0 aromatic carbocycles. The summed E-state index contributed by atoms with van der Waals surface area (Å²) in [5.74, 6) is 0.871. The second kappa shape index (κ2) is 6.35. The minimum Gasteiger partial charge on any atom is -0.394 e. The predicted molar refractivity (Wildman–Crippen MR) is 61.1 cm³/mol. The van der Waals surface area contributed by atoms with Crippen molar-refractivity contribution in [3.63, 3.8) is 0 Å². The highest BCUT2D eigenvalue weighted by atomic mass is 32.1. The monoisotopic (exact) mass is 233 g/mol. The third-order valence-corrected chi connectivity index (χ3v) is 3.30. The maximum atomic E-state index is 11.4. The molecule has 1 amide bonds. The average Bonchev–Trinajstić information content (AvgIpc) is 2.98. The maximum Gasteiger partial charge on any atom is 0.220 e. The van der Waals surface area contributed by atoms with Gasteiger partial charge < -0.3 is 15.2 Å². The average molecular weight is 233 g/mol. The molecular formula is C10H19NO3S. The molecule has 0 unspecified atom stereocenters. The molecule has 0 aromatic heterocycles. The van der Waals surface area contributed by atoms with Crippen LogP contribution in [0.3, 0.4) is 0 Å². The molecule has 0 saturated heterocycles. The Morgan fingerprint density at radius 2 is 2.20 bits per heavy atom. The summed E-state index contributed by atoms with van der Waals surface area (Å²) in [4.78, 5) is 11.4. The quantitative estimate of drug-likeness (QED) is 0.415. The number of amides is 1. The smallest absolute Gasteiger partial charge is 0.220 e. The Kier molecular flexibility index (Phi) is 5.42. The van der Waals surface area contributed by atoms with Crippen LogP contribution in [0.25, 0.3) is 0 Å². The van der Waals surface area contributed by atoms with E-state index in [4.69, 9.17) is 9.84 Å². The van der Waals surface area contributed by atoms with Crippen LogP contribution in [-0.4, -0.2) is 43.1 Å². The molecule has 0 bridgehead atoms. The lowest BCUT2D eigenvalue weighted by Gasteiger charge is -2.11. The number of rotatable bonds is 8. The predicted octanol–water partition coefficient (Wildman–Crippen LogP) is 0.212. The van der Waals surface area contributed by atoms with E-state index in [0.717, 1.165) is 18.6 Å². The minimum absolute atomic E-state index is 0.0245. The summed E-state index contributed by atoms with van der Waals surface area (Å²) < 4.78 is 5.03. The molecule has 0 aromatic rings. The van der Waals surface area contributed by atoms with E-state index < -0.39 is 0 Å². The van der Waals surface area contributed by atoms with Crippen LogP contribution < -0.4 is 5.32 Å². The van der Waals surface area contributed by atoms with Gasteiger partial charge in [0.05, 0.1) is 19.8 Å². The molecule has 1 saturated carbocycles. The molecular weight excluding hydrogens is 214 g/mol. The highest BCUT2D eigenvalue weighted by Gasteiger charge is 2.42. The molecule has 15 heavy (non-hydrogen) atoms. The summed E-state index contributed by atoms with van der Waals surface area (Å²) in [7, 11) is 0. The first-order chi connectivity index (χ1) is 7.22. The van der Waals surface area contributed by atoms with Crippen LogP contribution in [0.4, 0.5) is 0 Å². The Balaban J connectivity index is 1.99. The van der Waals surface area contributed by atoms with Gasteiger partial charge in [-0.1, -0.05) is 0 Å². The van der Waals surface area contributed by atoms with Crippen LogP contribution in [0.5, 0.6) is 0 Å². The van der Waals surface area contributed by atoms with E-state index in [-0.39, 0.29) is 17.9 Å². The van der Waals surface area contributed by atoms with Gasteiger partial charge >= 0.3 is 0 Å². The molecule has 4 nitrogen and oxygen atoms in total. The topological polar surface area (TPSA) is 58.6 Å². The van der Waals surface area contributed by atoms with Gasteiger partial charge in [-0.15, -0.1) is 0 Å². The highest BCUT2D eigenvalue weighted by molar-refractivity contribution is 7.80. The third-order valence-electron chi connectivity index (χ3n) is 2.63. The summed E-state index contributed by atoms with van der Waals surface area (Å²) >= 11 is 4.24. The van der Waals surface area contributed by atoms with Crippen molar-refractivity contribution in [2.45, 2.75) is 19.3 Å². The van der Waals surface area contributed by atoms with Gasteiger partial charge in [0.15, 0.2) is 0 Å². The van der Waals surface area contributed by atoms with Crippen molar-refractivity contribution in [1.29, 1.82) is 0 Å². The highest BCUT2D eigenvalue weighted by Crippen LogP contribution is 2.49. The number of aliphatic hydroxyl groups is 1. The fourth-order valence-electron chi connectivity index (χ4n) is 1.40. The van der Waals surface area contributed by atoms with Crippen molar-refractivity contribution in [1.82, 2.24) is 5.32 Å². The number of nitrogens with one attached hydrogen (secondary N) is 1. The van der Waals surface area contributed by atoms with E-state index in [2.05, 4.69) is 17.9 Å². The van der Waals surface area contributed by atoms with Gasteiger partial charge in [-0.2, -0.15) is 12.6 Å². The Morgan fingerprint density at radius 3 is 2.73 bits per heavy atom. The molecule has 0 spiro atoms. The van der Waals surface area contributed by atoms with Crippen molar-refractivity contribution in [2.24, 2.45) is 5.41 Å². The molecule has 1 aliphatic rings. The number of ether oxygens (including phenoxy) is 1. The number of carbonyl (C=O) groups excluding carboxylic acids is 1. The molecule has 1 aliphatic carbocycles. The second-order valence-electron chi connectivity index (χ2n) is 4.02. The molecule has 88 valence electrons. The molecule has 5 heteroatoms. The molecule has 0 aliphatic heterocycles. The zero-order valence-electron chi connectivity index (χ0n) is 8.87. The van der Waals surface area contributed by atoms with Gasteiger partial charge in [0, 0.05) is 13.0 Å². The van der Waals surface area contributed by atoms with Crippen molar-refractivity contribution in [3.8, 4) is 0 Å². The molecule has 0 atom stereocenters. The van der Waals surface area contributed by atoms with Gasteiger partial charge in [0.1, 0.15) is 0 Å². The fraction of sp³-hybridized carbons (Fsp3) is 0.900. The SMILES string of the molecule is O=C(CC1(CS)CC1)NCCOCCO. The van der Waals surface area contributed by atoms with E-state index in [9.17, 15) is 4.79 Å². The zero-order valence-corrected chi connectivity index (χ0v) is 9.76. The van der Waals surface area contributed by atoms with Crippen LogP contribution in [-0.2, 0) is 9.53 Å². The van der Waals surface area contributed by atoms with Crippen LogP contribution in [0.15, 0.2) is 0 Å². The van der Waals surface area contributed by atoms with Gasteiger partial charge in [0.25, 0.3) is 0 Å². The molecule has 0 radical (unpaired) electrons. The van der Waals surface area contributed by atoms with Crippen LogP contribution in [0.2, 0.25) is 0 Å². The van der Waals surface area contributed by atoms with Crippen molar-refractivity contribution in [3.05, 3.63) is 0 Å². The summed E-state index contributed by atoms with van der Waals surface area (Å²) in [6, 6.07) is 0. The van der Waals surface area contributed by atoms with Gasteiger partial charge in [-0.05, 0) is 24.0 Å². The van der Waals surface area contributed by atoms with E-state index in [1.807, 2.05) is 0 Å². The standard InChI is InChI=1S/C10H19NO3S/c12-4-6-14-5-3-11-9(13)7-10(8-15)1-2-10/h12,15H,1-8H2,(H,11,13). The Labute approximate surface area is 95.8 Å². The van der Waals surface area contributed by atoms with E-state index in [1.54, 1.807) is 0 Å². The van der Waals surface area contributed by atoms with Gasteiger partial charge in [0.2, 0.25) is 5.91 Å². The van der Waals surface area contributed by atoms with E-state index >= 15 is 0 Å². The Morgan fingerprint density at radius 1 is 1.47 bits per heavy atom. The van der Waals surface area contributed by atoms with E-state index in [1.165, 1.54) is 0 Å². The summed E-state index contributed by atoms with van der Waals surface area (Å²) in [5, 5.41) is 11.2. The normalized spacial score (nSPS) is 17.5. The minimum atomic E-state index is 0.0245. The van der Waals surface area contributed by atoms with Crippen LogP contribution >= 0.6 is 12.6 Å². The number of aliphatic hydroxyl groups excluding tert-OH is 1. The zero-order chi connectivity index (χ0) is 11.1. The molecule has 0 heterocycles. The first-order valence-electron chi connectivity index (χ1n) is 5.29. The Bertz CT molecular complexity index is 207. The largest absolute Gasteiger partial charge is 0.394 e. The first-order valence-corrected chi connectivity index (χ1v) is 5.92. The third kappa shape index (κ3) is 4.86. The second-order valence-corrected chi connectivity index (χ2v) is 4.34. The summed E-state index contributed by atoms with van der Waals surface area (Å²) in [6.45, 7) is 1.33. The van der Waals surface area contributed by atoms with Crippen LogP contribution in [0, 0.1) is 5.41 Å². The summed E-state index contributed by atoms with van der Waals surface area (Å²) in [6.07, 6.45) is 2.81. The van der Waals surface area contributed by atoms with Crippen molar-refractivity contribution >= 4 is 18.5 Å². The molecule has 1 fully saturated rings. The van der Waals surface area contributed by atoms with E-state index in [0.29, 0.717) is 26.2 Å². The maximum absolute atomic E-state index is 11.4. The van der Waals surface area contributed by atoms with Crippen molar-refractivity contribution < 1.29 is 14.6 Å². The number of thiol groups is 1. The lowest BCUT2D eigenvalue weighted by molar-refractivity contribution is -0.122. The number of carbonyl (C=O) groups is 1. The molecule has 2 N–H and O–H groups in total. The lowest BCUT2D eigenvalue weighted by atomic mass is 10.1. The first kappa shape index (κ1) is 12.8. The Hall–Kier alpha value is -0.260. The fourth-order valence-corrected chi connectivity index (χ4v) is 1.83. The van der Waals surface area contributed by atoms with Gasteiger partial charge in [-0.25, -0.2) is 0 Å². The van der Waals surface area contributed by atoms with Crippen LogP contribution in [0.1, 0.15) is 19.3 Å².